The van der Waals surface area contributed by atoms with Crippen LogP contribution in [0, 0.1) is 11.7 Å². The lowest BCUT2D eigenvalue weighted by Crippen LogP contribution is -2.24. The van der Waals surface area contributed by atoms with Gasteiger partial charge in [0.1, 0.15) is 18.0 Å². The molecule has 11 nitrogen and oxygen atoms in total. The Morgan fingerprint density at radius 1 is 0.895 bits per heavy atom. The van der Waals surface area contributed by atoms with Crippen LogP contribution in [0.15, 0.2) is 87.8 Å². The summed E-state index contributed by atoms with van der Waals surface area (Å²) in [5.74, 6) is 0.716. The highest BCUT2D eigenvalue weighted by Gasteiger charge is 2.17. The maximum Gasteiger partial charge on any atom is 0.367 e. The molecule has 0 aliphatic rings. The van der Waals surface area contributed by atoms with E-state index in [9.17, 15) is 15.0 Å². The molecule has 0 radical (unpaired) electrons. The van der Waals surface area contributed by atoms with E-state index in [0.29, 0.717) is 28.3 Å². The van der Waals surface area contributed by atoms with Gasteiger partial charge in [-0.25, -0.2) is 9.48 Å². The number of phenolic OH excluding ortho intramolecular Hbond substituents is 2. The van der Waals surface area contributed by atoms with Crippen molar-refractivity contribution in [3.63, 3.8) is 0 Å². The number of rotatable bonds is 7. The van der Waals surface area contributed by atoms with E-state index in [1.165, 1.54) is 27.9 Å². The number of benzene rings is 3. The largest absolute Gasteiger partial charge is 0.507 e. The van der Waals surface area contributed by atoms with E-state index in [2.05, 4.69) is 25.5 Å². The number of para-hydroxylation sites is 2. The minimum Gasteiger partial charge on any atom is -0.507 e. The summed E-state index contributed by atoms with van der Waals surface area (Å²) in [5.41, 5.74) is 2.14. The molecule has 0 bridgehead atoms. The molecule has 0 amide bonds. The van der Waals surface area contributed by atoms with E-state index in [0.717, 1.165) is 10.2 Å². The summed E-state index contributed by atoms with van der Waals surface area (Å²) in [6.07, 6.45) is 2.84. The smallest absolute Gasteiger partial charge is 0.367 e. The molecule has 0 unspecified atom stereocenters. The van der Waals surface area contributed by atoms with E-state index in [1.54, 1.807) is 42.5 Å². The fourth-order valence-corrected chi connectivity index (χ4v) is 3.80. The Morgan fingerprint density at radius 2 is 1.47 bits per heavy atom. The number of nitrogens with zero attached hydrogens (tertiary/aromatic N) is 7. The summed E-state index contributed by atoms with van der Waals surface area (Å²) in [6, 6.07) is 20.9. The molecule has 0 spiro atoms. The van der Waals surface area contributed by atoms with Gasteiger partial charge in [0.05, 0.1) is 12.4 Å². The first-order valence-electron chi connectivity index (χ1n) is 11.5. The average Bonchev–Trinajstić information content (AvgIpc) is 3.42. The lowest BCUT2D eigenvalue weighted by molar-refractivity contribution is 0.474. The maximum atomic E-state index is 13.4. The molecule has 3 aromatic carbocycles. The molecule has 0 saturated carbocycles. The van der Waals surface area contributed by atoms with Crippen molar-refractivity contribution in [2.24, 2.45) is 10.2 Å². The predicted molar refractivity (Wildman–Crippen MR) is 145 cm³/mol. The Bertz CT molecular complexity index is 1780. The molecule has 190 valence electrons. The molecule has 0 fully saturated rings. The van der Waals surface area contributed by atoms with Crippen molar-refractivity contribution in [1.82, 2.24) is 29.3 Å². The van der Waals surface area contributed by atoms with Gasteiger partial charge in [0, 0.05) is 16.7 Å². The lowest BCUT2D eigenvalue weighted by Gasteiger charge is -2.01. The van der Waals surface area contributed by atoms with Gasteiger partial charge in [0.25, 0.3) is 0 Å². The van der Waals surface area contributed by atoms with Crippen LogP contribution in [0.25, 0.3) is 11.4 Å². The van der Waals surface area contributed by atoms with Crippen LogP contribution in [0.3, 0.4) is 0 Å². The number of aromatic nitrogens is 6. The number of hydrogen-bond acceptors (Lipinski definition) is 8. The molecule has 0 aliphatic carbocycles. The van der Waals surface area contributed by atoms with Crippen LogP contribution in [0.1, 0.15) is 22.5 Å². The first-order chi connectivity index (χ1) is 18.4. The fourth-order valence-electron chi connectivity index (χ4n) is 3.60. The van der Waals surface area contributed by atoms with E-state index < -0.39 is 5.69 Å². The molecule has 38 heavy (non-hydrogen) atoms. The third-order valence-electron chi connectivity index (χ3n) is 5.63. The standard InChI is InChI=1S/C26H22N8O3S/c1-17-10-12-18(13-11-17)24-31-32(26(37)34(24)28-15-20-7-3-5-9-22(20)36)16-23-29-30-25(38)33(23)27-14-19-6-2-4-8-21(19)35/h2-15,35-36H,16H2,1H3,(H,30,38)/b27-14+,28-15+. The third kappa shape index (κ3) is 5.06. The fraction of sp³-hybridized carbons (Fsp3) is 0.0769. The number of aryl methyl sites for hydroxylation is 1. The number of hydrogen-bond donors (Lipinski definition) is 3. The van der Waals surface area contributed by atoms with Gasteiger partial charge >= 0.3 is 5.69 Å². The maximum absolute atomic E-state index is 13.4. The summed E-state index contributed by atoms with van der Waals surface area (Å²) >= 11 is 5.31. The van der Waals surface area contributed by atoms with Gasteiger partial charge in [-0.3, -0.25) is 5.10 Å². The van der Waals surface area contributed by atoms with Gasteiger partial charge in [-0.15, -0.1) is 5.10 Å². The highest BCUT2D eigenvalue weighted by Crippen LogP contribution is 2.18. The van der Waals surface area contributed by atoms with Gasteiger partial charge < -0.3 is 10.2 Å². The molecule has 0 saturated heterocycles. The summed E-state index contributed by atoms with van der Waals surface area (Å²) < 4.78 is 3.92. The second kappa shape index (κ2) is 10.5. The van der Waals surface area contributed by atoms with Crippen LogP contribution < -0.4 is 5.69 Å². The highest BCUT2D eigenvalue weighted by molar-refractivity contribution is 7.71. The van der Waals surface area contributed by atoms with E-state index in [-0.39, 0.29) is 22.8 Å². The van der Waals surface area contributed by atoms with Gasteiger partial charge in [0.2, 0.25) is 4.77 Å². The minimum atomic E-state index is -0.530. The Morgan fingerprint density at radius 3 is 2.08 bits per heavy atom. The first kappa shape index (κ1) is 24.6. The molecular weight excluding hydrogens is 504 g/mol. The molecule has 5 rings (SSSR count). The van der Waals surface area contributed by atoms with Crippen molar-refractivity contribution in [3.8, 4) is 22.9 Å². The van der Waals surface area contributed by atoms with Gasteiger partial charge in [0.15, 0.2) is 11.6 Å². The van der Waals surface area contributed by atoms with Crippen LogP contribution in [0.4, 0.5) is 0 Å². The SMILES string of the molecule is Cc1ccc(-c2nn(Cc3n[nH]c(=S)n3/N=C/c3ccccc3O)c(=O)n2/N=C/c2ccccc2O)cc1. The van der Waals surface area contributed by atoms with Crippen molar-refractivity contribution in [2.75, 3.05) is 0 Å². The second-order valence-electron chi connectivity index (χ2n) is 8.31. The van der Waals surface area contributed by atoms with Crippen molar-refractivity contribution in [2.45, 2.75) is 13.5 Å². The topological polar surface area (TPSA) is 139 Å². The molecule has 12 heteroatoms. The zero-order chi connectivity index (χ0) is 26.6. The van der Waals surface area contributed by atoms with E-state index >= 15 is 0 Å². The summed E-state index contributed by atoms with van der Waals surface area (Å²) in [5, 5.41) is 40.2. The van der Waals surface area contributed by atoms with Crippen molar-refractivity contribution in [3.05, 3.63) is 111 Å². The van der Waals surface area contributed by atoms with E-state index in [4.69, 9.17) is 12.2 Å². The average molecular weight is 527 g/mol. The molecule has 2 aromatic heterocycles. The van der Waals surface area contributed by atoms with Crippen LogP contribution in [-0.4, -0.2) is 52.0 Å². The van der Waals surface area contributed by atoms with Crippen molar-refractivity contribution in [1.29, 1.82) is 0 Å². The predicted octanol–water partition coefficient (Wildman–Crippen LogP) is 3.50. The molecule has 0 atom stereocenters. The Balaban J connectivity index is 1.55. The summed E-state index contributed by atoms with van der Waals surface area (Å²) in [7, 11) is 0. The molecule has 2 heterocycles. The Hall–Kier alpha value is -5.10. The number of H-pyrrole nitrogens is 1. The quantitative estimate of drug-likeness (QED) is 0.219. The van der Waals surface area contributed by atoms with Crippen LogP contribution in [-0.2, 0) is 6.54 Å². The number of aromatic hydroxyl groups is 2. The minimum absolute atomic E-state index is 0.0337. The zero-order valence-electron chi connectivity index (χ0n) is 20.1. The van der Waals surface area contributed by atoms with Gasteiger partial charge in [-0.1, -0.05) is 54.1 Å². The van der Waals surface area contributed by atoms with Crippen LogP contribution >= 0.6 is 12.2 Å². The van der Waals surface area contributed by atoms with Crippen LogP contribution in [0.5, 0.6) is 11.5 Å². The number of nitrogens with one attached hydrogen (secondary N) is 1. The molecule has 0 aliphatic heterocycles. The Labute approximate surface area is 221 Å². The molecule has 3 N–H and O–H groups in total. The Kier molecular flexibility index (Phi) is 6.78. The van der Waals surface area contributed by atoms with E-state index in [1.807, 2.05) is 31.2 Å². The second-order valence-corrected chi connectivity index (χ2v) is 8.69. The highest BCUT2D eigenvalue weighted by atomic mass is 32.1. The summed E-state index contributed by atoms with van der Waals surface area (Å²) in [6.45, 7) is 1.90. The van der Waals surface area contributed by atoms with Crippen LogP contribution in [0.2, 0.25) is 0 Å². The number of aromatic amines is 1. The van der Waals surface area contributed by atoms with Crippen molar-refractivity contribution >= 4 is 24.6 Å². The zero-order valence-corrected chi connectivity index (χ0v) is 20.9. The summed E-state index contributed by atoms with van der Waals surface area (Å²) in [4.78, 5) is 13.4. The molecule has 5 aromatic rings. The van der Waals surface area contributed by atoms with Gasteiger partial charge in [-0.05, 0) is 43.4 Å². The number of phenols is 2. The van der Waals surface area contributed by atoms with Crippen molar-refractivity contribution < 1.29 is 10.2 Å². The normalized spacial score (nSPS) is 11.6. The monoisotopic (exact) mass is 526 g/mol. The van der Waals surface area contributed by atoms with Gasteiger partial charge in [-0.2, -0.15) is 24.7 Å². The third-order valence-corrected chi connectivity index (χ3v) is 5.90. The molecular formula is C26H22N8O3S. The lowest BCUT2D eigenvalue weighted by atomic mass is 10.1. The first-order valence-corrected chi connectivity index (χ1v) is 11.9.